The monoisotopic (exact) mass is 304 g/mol. The maximum absolute atomic E-state index is 11.5. The first-order valence-corrected chi connectivity index (χ1v) is 5.84. The van der Waals surface area contributed by atoms with Gasteiger partial charge in [0.1, 0.15) is 5.52 Å². The van der Waals surface area contributed by atoms with Gasteiger partial charge >= 0.3 is 0 Å². The number of aliphatic hydroxyl groups is 3. The molecule has 0 aliphatic rings. The summed E-state index contributed by atoms with van der Waals surface area (Å²) in [5, 5.41) is 30.3. The molecule has 2 aromatic rings. The second-order valence-corrected chi connectivity index (χ2v) is 4.19. The second kappa shape index (κ2) is 7.36. The Kier molecular flexibility index (Phi) is 6.11. The highest BCUT2D eigenvalue weighted by molar-refractivity contribution is 5.85. The Balaban J connectivity index is 0.00000200. The van der Waals surface area contributed by atoms with E-state index in [0.717, 1.165) is 5.56 Å². The summed E-state index contributed by atoms with van der Waals surface area (Å²) in [6, 6.07) is -0.642. The Morgan fingerprint density at radius 2 is 2.05 bits per heavy atom. The van der Waals surface area contributed by atoms with Crippen molar-refractivity contribution in [1.29, 1.82) is 0 Å². The van der Waals surface area contributed by atoms with E-state index < -0.39 is 18.8 Å². The smallest absolute Gasteiger partial charge is 0.275 e. The highest BCUT2D eigenvalue weighted by atomic mass is 35.5. The third-order valence-electron chi connectivity index (χ3n) is 2.95. The van der Waals surface area contributed by atoms with Crippen LogP contribution < -0.4 is 10.9 Å². The Labute approximate surface area is 120 Å². The van der Waals surface area contributed by atoms with Gasteiger partial charge in [-0.3, -0.25) is 4.79 Å². The average molecular weight is 305 g/mol. The first kappa shape index (κ1) is 16.6. The normalized spacial score (nSPS) is 13.9. The van der Waals surface area contributed by atoms with Crippen molar-refractivity contribution >= 4 is 23.4 Å². The summed E-state index contributed by atoms with van der Waals surface area (Å²) in [7, 11) is 0. The molecule has 9 heteroatoms. The van der Waals surface area contributed by atoms with Crippen LogP contribution in [0.25, 0.3) is 11.0 Å². The van der Waals surface area contributed by atoms with Crippen LogP contribution in [-0.2, 0) is 6.54 Å². The van der Waals surface area contributed by atoms with Gasteiger partial charge in [-0.05, 0) is 0 Å². The van der Waals surface area contributed by atoms with Gasteiger partial charge in [0.25, 0.3) is 5.56 Å². The number of hydrogen-bond donors (Lipinski definition) is 6. The van der Waals surface area contributed by atoms with Gasteiger partial charge in [-0.25, -0.2) is 4.98 Å². The molecule has 6 N–H and O–H groups in total. The molecule has 0 spiro atoms. The number of nitrogens with one attached hydrogen (secondary N) is 3. The zero-order chi connectivity index (χ0) is 13.8. The fraction of sp³-hybridized carbons (Fsp3) is 0.455. The lowest BCUT2D eigenvalue weighted by molar-refractivity contribution is 0.0411. The van der Waals surface area contributed by atoms with Crippen molar-refractivity contribution in [2.45, 2.75) is 18.7 Å². The van der Waals surface area contributed by atoms with Gasteiger partial charge in [-0.1, -0.05) is 0 Å². The molecule has 0 saturated carbocycles. The van der Waals surface area contributed by atoms with Gasteiger partial charge < -0.3 is 30.6 Å². The molecule has 0 saturated heterocycles. The van der Waals surface area contributed by atoms with Crippen LogP contribution in [0.15, 0.2) is 17.3 Å². The molecule has 8 nitrogen and oxygen atoms in total. The third kappa shape index (κ3) is 3.35. The Morgan fingerprint density at radius 1 is 1.30 bits per heavy atom. The van der Waals surface area contributed by atoms with Crippen LogP contribution in [0.1, 0.15) is 5.56 Å². The molecule has 2 heterocycles. The second-order valence-electron chi connectivity index (χ2n) is 4.19. The van der Waals surface area contributed by atoms with E-state index >= 15 is 0 Å². The highest BCUT2D eigenvalue weighted by Gasteiger charge is 2.17. The van der Waals surface area contributed by atoms with E-state index in [-0.39, 0.29) is 24.6 Å². The molecular weight excluding hydrogens is 288 g/mol. The van der Waals surface area contributed by atoms with Crippen LogP contribution in [0.2, 0.25) is 0 Å². The lowest BCUT2D eigenvalue weighted by Gasteiger charge is -2.20. The van der Waals surface area contributed by atoms with E-state index in [2.05, 4.69) is 20.3 Å². The number of aliphatic hydroxyl groups excluding tert-OH is 3. The molecule has 2 aromatic heterocycles. The SMILES string of the molecule is Cl.O=c1[nH]cnc2c(CN[C@H](CO)[C@H](O)CO)c[nH]c12. The van der Waals surface area contributed by atoms with Gasteiger partial charge in [-0.2, -0.15) is 0 Å². The standard InChI is InChI=1S/C11H16N4O4.ClH/c16-3-7(8(18)4-17)12-1-6-2-13-10-9(6)14-5-15-11(10)19;/h2,5,7-8,12-13,16-18H,1,3-4H2,(H,14,15,19);1H/t7-,8-;/m1./s1. The largest absolute Gasteiger partial charge is 0.395 e. The summed E-state index contributed by atoms with van der Waals surface area (Å²) in [6.07, 6.45) is 1.90. The van der Waals surface area contributed by atoms with Crippen molar-refractivity contribution in [2.24, 2.45) is 0 Å². The van der Waals surface area contributed by atoms with Gasteiger partial charge in [0, 0.05) is 18.3 Å². The first-order chi connectivity index (χ1) is 9.17. The maximum atomic E-state index is 11.5. The molecule has 20 heavy (non-hydrogen) atoms. The van der Waals surface area contributed by atoms with E-state index in [1.165, 1.54) is 6.33 Å². The summed E-state index contributed by atoms with van der Waals surface area (Å²) in [6.45, 7) is -0.444. The Hall–Kier alpha value is -1.45. The quantitative estimate of drug-likeness (QED) is 0.384. The minimum absolute atomic E-state index is 0. The molecule has 0 aliphatic heterocycles. The minimum Gasteiger partial charge on any atom is -0.395 e. The Morgan fingerprint density at radius 3 is 2.70 bits per heavy atom. The van der Waals surface area contributed by atoms with Crippen LogP contribution >= 0.6 is 12.4 Å². The molecule has 0 radical (unpaired) electrons. The molecule has 0 bridgehead atoms. The van der Waals surface area contributed by atoms with E-state index in [9.17, 15) is 9.90 Å². The fourth-order valence-corrected chi connectivity index (χ4v) is 1.83. The highest BCUT2D eigenvalue weighted by Crippen LogP contribution is 2.11. The van der Waals surface area contributed by atoms with Crippen molar-refractivity contribution in [1.82, 2.24) is 20.3 Å². The third-order valence-corrected chi connectivity index (χ3v) is 2.95. The molecule has 2 rings (SSSR count). The molecule has 0 aromatic carbocycles. The minimum atomic E-state index is -1.05. The topological polar surface area (TPSA) is 134 Å². The van der Waals surface area contributed by atoms with Crippen LogP contribution in [0.3, 0.4) is 0 Å². The summed E-state index contributed by atoms with van der Waals surface area (Å²) in [4.78, 5) is 20.8. The van der Waals surface area contributed by atoms with Crippen LogP contribution in [0, 0.1) is 0 Å². The number of nitrogens with zero attached hydrogens (tertiary/aromatic N) is 1. The summed E-state index contributed by atoms with van der Waals surface area (Å²) in [5.41, 5.74) is 1.39. The van der Waals surface area contributed by atoms with Crippen LogP contribution in [0.4, 0.5) is 0 Å². The number of H-pyrrole nitrogens is 2. The van der Waals surface area contributed by atoms with E-state index in [4.69, 9.17) is 10.2 Å². The molecule has 2 atom stereocenters. The molecule has 0 aliphatic carbocycles. The number of rotatable bonds is 6. The summed E-state index contributed by atoms with van der Waals surface area (Å²) >= 11 is 0. The van der Waals surface area contributed by atoms with E-state index in [0.29, 0.717) is 17.6 Å². The van der Waals surface area contributed by atoms with Gasteiger partial charge in [0.05, 0.1) is 37.2 Å². The van der Waals surface area contributed by atoms with Crippen molar-refractivity contribution in [3.8, 4) is 0 Å². The predicted octanol–water partition coefficient (Wildman–Crippen LogP) is -1.52. The predicted molar refractivity (Wildman–Crippen MR) is 74.8 cm³/mol. The van der Waals surface area contributed by atoms with E-state index in [1.807, 2.05) is 0 Å². The number of hydrogen-bond acceptors (Lipinski definition) is 6. The number of aromatic amines is 2. The zero-order valence-corrected chi connectivity index (χ0v) is 11.4. The lowest BCUT2D eigenvalue weighted by atomic mass is 10.1. The van der Waals surface area contributed by atoms with Crippen molar-refractivity contribution in [3.05, 3.63) is 28.4 Å². The number of fused-ring (bicyclic) bond motifs is 1. The molecule has 112 valence electrons. The summed E-state index contributed by atoms with van der Waals surface area (Å²) < 4.78 is 0. The number of halogens is 1. The van der Waals surface area contributed by atoms with Crippen molar-refractivity contribution in [3.63, 3.8) is 0 Å². The van der Waals surface area contributed by atoms with Gasteiger partial charge in [0.2, 0.25) is 0 Å². The Bertz CT molecular complexity index is 599. The van der Waals surface area contributed by atoms with Gasteiger partial charge in [0.15, 0.2) is 0 Å². The summed E-state index contributed by atoms with van der Waals surface area (Å²) in [5.74, 6) is 0. The van der Waals surface area contributed by atoms with Crippen molar-refractivity contribution < 1.29 is 15.3 Å². The maximum Gasteiger partial charge on any atom is 0.275 e. The van der Waals surface area contributed by atoms with Crippen LogP contribution in [-0.4, -0.2) is 55.6 Å². The molecule has 0 unspecified atom stereocenters. The molecule has 0 fully saturated rings. The zero-order valence-electron chi connectivity index (χ0n) is 10.5. The molecular formula is C11H17ClN4O4. The first-order valence-electron chi connectivity index (χ1n) is 5.84. The number of aromatic nitrogens is 3. The molecule has 0 amide bonds. The lowest BCUT2D eigenvalue weighted by Crippen LogP contribution is -2.44. The van der Waals surface area contributed by atoms with E-state index in [1.54, 1.807) is 6.20 Å². The van der Waals surface area contributed by atoms with Crippen molar-refractivity contribution in [2.75, 3.05) is 13.2 Å². The fourth-order valence-electron chi connectivity index (χ4n) is 1.83. The van der Waals surface area contributed by atoms with Crippen LogP contribution in [0.5, 0.6) is 0 Å². The van der Waals surface area contributed by atoms with Gasteiger partial charge in [-0.15, -0.1) is 12.4 Å². The average Bonchev–Trinajstić information content (AvgIpc) is 2.84.